The molecule has 0 saturated carbocycles. The minimum absolute atomic E-state index is 0.197. The number of sulfonamides is 1. The van der Waals surface area contributed by atoms with Crippen LogP contribution in [0.4, 0.5) is 0 Å². The van der Waals surface area contributed by atoms with Gasteiger partial charge in [-0.05, 0) is 43.9 Å². The average molecular weight is 375 g/mol. The summed E-state index contributed by atoms with van der Waals surface area (Å²) in [5.41, 5.74) is 2.48. The van der Waals surface area contributed by atoms with Gasteiger partial charge in [-0.2, -0.15) is 0 Å². The minimum atomic E-state index is -3.02. The summed E-state index contributed by atoms with van der Waals surface area (Å²) < 4.78 is 26.4. The first-order valence-electron chi connectivity index (χ1n) is 7.38. The van der Waals surface area contributed by atoms with Gasteiger partial charge in [-0.3, -0.25) is 0 Å². The first-order chi connectivity index (χ1) is 9.92. The van der Waals surface area contributed by atoms with Crippen LogP contribution in [0.25, 0.3) is 0 Å². The summed E-state index contributed by atoms with van der Waals surface area (Å²) in [6, 6.07) is 6.77. The maximum atomic E-state index is 11.8. The molecule has 6 heteroatoms. The van der Waals surface area contributed by atoms with Gasteiger partial charge in [0.25, 0.3) is 0 Å². The Morgan fingerprint density at radius 1 is 1.33 bits per heavy atom. The van der Waals surface area contributed by atoms with Crippen LogP contribution >= 0.6 is 15.9 Å². The summed E-state index contributed by atoms with van der Waals surface area (Å²) in [6.07, 6.45) is 1.76. The van der Waals surface area contributed by atoms with Gasteiger partial charge in [0.2, 0.25) is 10.0 Å². The van der Waals surface area contributed by atoms with Gasteiger partial charge in [-0.15, -0.1) is 0 Å². The average Bonchev–Trinajstić information content (AvgIpc) is 2.49. The van der Waals surface area contributed by atoms with Gasteiger partial charge >= 0.3 is 0 Å². The highest BCUT2D eigenvalue weighted by Gasteiger charge is 2.26. The molecule has 1 fully saturated rings. The predicted molar refractivity (Wildman–Crippen MR) is 89.8 cm³/mol. The van der Waals surface area contributed by atoms with E-state index in [4.69, 9.17) is 0 Å². The van der Waals surface area contributed by atoms with E-state index < -0.39 is 10.0 Å². The zero-order valence-corrected chi connectivity index (χ0v) is 15.0. The molecule has 0 aliphatic carbocycles. The fourth-order valence-corrected chi connectivity index (χ4v) is 4.09. The smallest absolute Gasteiger partial charge is 0.213 e. The van der Waals surface area contributed by atoms with Crippen LogP contribution in [-0.4, -0.2) is 37.6 Å². The van der Waals surface area contributed by atoms with Crippen LogP contribution in [0.1, 0.15) is 30.9 Å². The SMILES string of the molecule is CCS(=O)(=O)N1CCC(NCc2ccc(C)c(Br)c2)CC1. The Hall–Kier alpha value is -0.430. The first kappa shape index (κ1) is 16.9. The Kier molecular flexibility index (Phi) is 5.82. The minimum Gasteiger partial charge on any atom is -0.310 e. The summed E-state index contributed by atoms with van der Waals surface area (Å²) in [4.78, 5) is 0. The molecular weight excluding hydrogens is 352 g/mol. The summed E-state index contributed by atoms with van der Waals surface area (Å²) in [6.45, 7) is 5.86. The van der Waals surface area contributed by atoms with Gasteiger partial charge < -0.3 is 5.32 Å². The molecule has 0 aromatic heterocycles. The molecule has 0 unspecified atom stereocenters. The van der Waals surface area contributed by atoms with E-state index in [0.29, 0.717) is 19.1 Å². The van der Waals surface area contributed by atoms with Gasteiger partial charge in [-0.1, -0.05) is 28.1 Å². The fourth-order valence-electron chi connectivity index (χ4n) is 2.53. The maximum Gasteiger partial charge on any atom is 0.213 e. The van der Waals surface area contributed by atoms with E-state index in [2.05, 4.69) is 46.4 Å². The number of rotatable bonds is 5. The molecule has 0 spiro atoms. The van der Waals surface area contributed by atoms with Crippen molar-refractivity contribution < 1.29 is 8.42 Å². The van der Waals surface area contributed by atoms with Crippen LogP contribution in [0.2, 0.25) is 0 Å². The molecule has 0 radical (unpaired) electrons. The van der Waals surface area contributed by atoms with Crippen molar-refractivity contribution >= 4 is 26.0 Å². The van der Waals surface area contributed by atoms with Crippen molar-refractivity contribution in [3.8, 4) is 0 Å². The number of nitrogens with one attached hydrogen (secondary N) is 1. The van der Waals surface area contributed by atoms with E-state index in [-0.39, 0.29) is 5.75 Å². The first-order valence-corrected chi connectivity index (χ1v) is 9.79. The third-order valence-electron chi connectivity index (χ3n) is 4.04. The fraction of sp³-hybridized carbons (Fsp3) is 0.600. The van der Waals surface area contributed by atoms with E-state index >= 15 is 0 Å². The van der Waals surface area contributed by atoms with Crippen molar-refractivity contribution in [1.29, 1.82) is 0 Å². The summed E-state index contributed by atoms with van der Waals surface area (Å²) >= 11 is 3.55. The van der Waals surface area contributed by atoms with Crippen molar-refractivity contribution in [2.24, 2.45) is 0 Å². The molecule has 4 nitrogen and oxygen atoms in total. The van der Waals surface area contributed by atoms with Crippen molar-refractivity contribution in [2.75, 3.05) is 18.8 Å². The third-order valence-corrected chi connectivity index (χ3v) is 6.78. The number of benzene rings is 1. The van der Waals surface area contributed by atoms with Crippen LogP contribution in [0.15, 0.2) is 22.7 Å². The topological polar surface area (TPSA) is 49.4 Å². The molecule has 1 aromatic rings. The molecule has 2 rings (SSSR count). The molecular formula is C15H23BrN2O2S. The van der Waals surface area contributed by atoms with E-state index in [0.717, 1.165) is 23.9 Å². The van der Waals surface area contributed by atoms with Crippen LogP contribution in [0.5, 0.6) is 0 Å². The Bertz CT molecular complexity index is 581. The van der Waals surface area contributed by atoms with Gasteiger partial charge in [0, 0.05) is 30.1 Å². The zero-order chi connectivity index (χ0) is 15.5. The molecule has 1 saturated heterocycles. The molecule has 21 heavy (non-hydrogen) atoms. The Morgan fingerprint density at radius 3 is 2.57 bits per heavy atom. The van der Waals surface area contributed by atoms with Gasteiger partial charge in [0.15, 0.2) is 0 Å². The van der Waals surface area contributed by atoms with Crippen molar-refractivity contribution in [3.05, 3.63) is 33.8 Å². The molecule has 0 amide bonds. The van der Waals surface area contributed by atoms with E-state index in [1.807, 2.05) is 0 Å². The largest absolute Gasteiger partial charge is 0.310 e. The van der Waals surface area contributed by atoms with E-state index in [1.165, 1.54) is 11.1 Å². The van der Waals surface area contributed by atoms with Crippen LogP contribution < -0.4 is 5.32 Å². The number of halogens is 1. The van der Waals surface area contributed by atoms with Crippen LogP contribution in [-0.2, 0) is 16.6 Å². The van der Waals surface area contributed by atoms with Crippen molar-refractivity contribution in [3.63, 3.8) is 0 Å². The Balaban J connectivity index is 1.82. The third kappa shape index (κ3) is 4.52. The standard InChI is InChI=1S/C15H23BrN2O2S/c1-3-21(19,20)18-8-6-14(7-9-18)17-11-13-5-4-12(2)15(16)10-13/h4-5,10,14,17H,3,6-9,11H2,1-2H3. The van der Waals surface area contributed by atoms with Crippen molar-refractivity contribution in [2.45, 2.75) is 39.3 Å². The molecule has 0 bridgehead atoms. The second-order valence-electron chi connectivity index (χ2n) is 5.54. The number of piperidine rings is 1. The number of nitrogens with zero attached hydrogens (tertiary/aromatic N) is 1. The molecule has 1 heterocycles. The normalized spacial score (nSPS) is 18.0. The number of hydrogen-bond acceptors (Lipinski definition) is 3. The van der Waals surface area contributed by atoms with Crippen molar-refractivity contribution in [1.82, 2.24) is 9.62 Å². The summed E-state index contributed by atoms with van der Waals surface area (Å²) in [5.74, 6) is 0.197. The molecule has 1 aliphatic heterocycles. The second-order valence-corrected chi connectivity index (χ2v) is 8.65. The second kappa shape index (κ2) is 7.22. The lowest BCUT2D eigenvalue weighted by Gasteiger charge is -2.31. The van der Waals surface area contributed by atoms with E-state index in [1.54, 1.807) is 11.2 Å². The van der Waals surface area contributed by atoms with Gasteiger partial charge in [0.05, 0.1) is 5.75 Å². The summed E-state index contributed by atoms with van der Waals surface area (Å²) in [7, 11) is -3.02. The lowest BCUT2D eigenvalue weighted by molar-refractivity contribution is 0.289. The number of aryl methyl sites for hydroxylation is 1. The number of hydrogen-bond donors (Lipinski definition) is 1. The lowest BCUT2D eigenvalue weighted by atomic mass is 10.1. The van der Waals surface area contributed by atoms with Crippen LogP contribution in [0, 0.1) is 6.92 Å². The Labute approximate surface area is 136 Å². The maximum absolute atomic E-state index is 11.8. The Morgan fingerprint density at radius 2 is 2.00 bits per heavy atom. The molecule has 1 aliphatic rings. The molecule has 1 aromatic carbocycles. The molecule has 118 valence electrons. The lowest BCUT2D eigenvalue weighted by Crippen LogP contribution is -2.45. The summed E-state index contributed by atoms with van der Waals surface area (Å²) in [5, 5.41) is 3.53. The zero-order valence-electron chi connectivity index (χ0n) is 12.6. The monoisotopic (exact) mass is 374 g/mol. The quantitative estimate of drug-likeness (QED) is 0.861. The molecule has 1 N–H and O–H groups in total. The van der Waals surface area contributed by atoms with Gasteiger partial charge in [-0.25, -0.2) is 12.7 Å². The predicted octanol–water partition coefficient (Wildman–Crippen LogP) is 2.66. The highest BCUT2D eigenvalue weighted by Crippen LogP contribution is 2.18. The van der Waals surface area contributed by atoms with E-state index in [9.17, 15) is 8.42 Å². The highest BCUT2D eigenvalue weighted by atomic mass is 79.9. The van der Waals surface area contributed by atoms with Crippen LogP contribution in [0.3, 0.4) is 0 Å². The molecule has 0 atom stereocenters. The highest BCUT2D eigenvalue weighted by molar-refractivity contribution is 9.10. The van der Waals surface area contributed by atoms with Gasteiger partial charge in [0.1, 0.15) is 0 Å².